The van der Waals surface area contributed by atoms with Crippen LogP contribution in [-0.2, 0) is 0 Å². The topological polar surface area (TPSA) is 35.5 Å². The first-order chi connectivity index (χ1) is 8.69. The summed E-state index contributed by atoms with van der Waals surface area (Å²) in [7, 11) is 0. The number of halogens is 1. The molecule has 1 aliphatic carbocycles. The van der Waals surface area contributed by atoms with Gasteiger partial charge in [0.05, 0.1) is 6.10 Å². The molecular weight excluding hydrogens is 231 g/mol. The fraction of sp³-hybridized carbons (Fsp3) is 1.00. The first-order valence-electron chi connectivity index (χ1n) is 7.45. The van der Waals surface area contributed by atoms with E-state index in [4.69, 9.17) is 0 Å². The number of rotatable bonds is 1. The highest BCUT2D eigenvalue weighted by molar-refractivity contribution is 4.95. The van der Waals surface area contributed by atoms with Crippen molar-refractivity contribution in [1.82, 2.24) is 10.2 Å². The molecule has 4 heteroatoms. The standard InChI is InChI=1S/C14H25FN2O/c15-12-9-17(10-13(12)18)11-1-3-14(4-2-11)5-7-16-8-6-14/h11-13,16,18H,1-10H2/t12-,13-/m1/s1. The Kier molecular flexibility index (Phi) is 3.61. The Morgan fingerprint density at radius 1 is 1.06 bits per heavy atom. The third-order valence-electron chi connectivity index (χ3n) is 5.44. The molecule has 3 aliphatic rings. The van der Waals surface area contributed by atoms with Crippen LogP contribution in [0.2, 0.25) is 0 Å². The molecule has 0 aromatic carbocycles. The maximum absolute atomic E-state index is 13.4. The minimum atomic E-state index is -1.03. The molecule has 1 saturated carbocycles. The molecule has 0 aromatic rings. The van der Waals surface area contributed by atoms with Gasteiger partial charge in [0.25, 0.3) is 0 Å². The highest BCUT2D eigenvalue weighted by Gasteiger charge is 2.41. The Bertz CT molecular complexity index is 274. The van der Waals surface area contributed by atoms with Crippen LogP contribution in [0, 0.1) is 5.41 Å². The minimum Gasteiger partial charge on any atom is -0.389 e. The van der Waals surface area contributed by atoms with E-state index in [9.17, 15) is 9.50 Å². The zero-order valence-electron chi connectivity index (χ0n) is 11.1. The third-order valence-corrected chi connectivity index (χ3v) is 5.44. The number of alkyl halides is 1. The van der Waals surface area contributed by atoms with Gasteiger partial charge in [-0.3, -0.25) is 4.90 Å². The summed E-state index contributed by atoms with van der Waals surface area (Å²) in [5, 5.41) is 13.0. The number of β-amino-alcohol motifs (C(OH)–C–C–N with tert-alkyl or cyclic N) is 1. The molecule has 2 aliphatic heterocycles. The van der Waals surface area contributed by atoms with Gasteiger partial charge < -0.3 is 10.4 Å². The number of aliphatic hydroxyl groups excluding tert-OH is 1. The number of hydrogen-bond donors (Lipinski definition) is 2. The zero-order chi connectivity index (χ0) is 12.6. The Labute approximate surface area is 109 Å². The van der Waals surface area contributed by atoms with Crippen LogP contribution in [0.4, 0.5) is 4.39 Å². The number of likely N-dealkylation sites (tertiary alicyclic amines) is 1. The zero-order valence-corrected chi connectivity index (χ0v) is 11.1. The monoisotopic (exact) mass is 256 g/mol. The molecule has 2 saturated heterocycles. The highest BCUT2D eigenvalue weighted by Crippen LogP contribution is 2.44. The summed E-state index contributed by atoms with van der Waals surface area (Å²) < 4.78 is 13.4. The van der Waals surface area contributed by atoms with Gasteiger partial charge in [-0.2, -0.15) is 0 Å². The molecule has 2 N–H and O–H groups in total. The van der Waals surface area contributed by atoms with Crippen molar-refractivity contribution in [2.75, 3.05) is 26.2 Å². The fourth-order valence-corrected chi connectivity index (χ4v) is 4.11. The van der Waals surface area contributed by atoms with Gasteiger partial charge in [0.15, 0.2) is 0 Å². The SMILES string of the molecule is O[C@@H]1CN(C2CCC3(CCNCC3)CC2)C[C@H]1F. The van der Waals surface area contributed by atoms with Crippen molar-refractivity contribution in [3.05, 3.63) is 0 Å². The lowest BCUT2D eigenvalue weighted by Crippen LogP contribution is -2.44. The quantitative estimate of drug-likeness (QED) is 0.742. The van der Waals surface area contributed by atoms with E-state index in [1.165, 1.54) is 51.6 Å². The van der Waals surface area contributed by atoms with Crippen LogP contribution < -0.4 is 5.32 Å². The van der Waals surface area contributed by atoms with E-state index in [0.29, 0.717) is 24.5 Å². The van der Waals surface area contributed by atoms with E-state index in [0.717, 1.165) is 0 Å². The molecule has 0 radical (unpaired) electrons. The smallest absolute Gasteiger partial charge is 0.140 e. The van der Waals surface area contributed by atoms with Crippen molar-refractivity contribution in [3.8, 4) is 0 Å². The average Bonchev–Trinajstić information content (AvgIpc) is 2.71. The van der Waals surface area contributed by atoms with E-state index in [1.807, 2.05) is 0 Å². The van der Waals surface area contributed by atoms with Crippen LogP contribution in [0.5, 0.6) is 0 Å². The average molecular weight is 256 g/mol. The van der Waals surface area contributed by atoms with Crippen LogP contribution in [0.25, 0.3) is 0 Å². The number of aliphatic hydroxyl groups is 1. The second-order valence-corrected chi connectivity index (χ2v) is 6.52. The molecule has 104 valence electrons. The molecule has 2 heterocycles. The summed E-state index contributed by atoms with van der Waals surface area (Å²) in [6, 6.07) is 0.515. The first-order valence-corrected chi connectivity index (χ1v) is 7.45. The first kappa shape index (κ1) is 12.8. The van der Waals surface area contributed by atoms with E-state index < -0.39 is 12.3 Å². The van der Waals surface area contributed by atoms with Crippen molar-refractivity contribution in [1.29, 1.82) is 0 Å². The minimum absolute atomic E-state index is 0.445. The lowest BCUT2D eigenvalue weighted by Gasteiger charge is -2.45. The van der Waals surface area contributed by atoms with Crippen molar-refractivity contribution < 1.29 is 9.50 Å². The molecule has 1 spiro atoms. The summed E-state index contributed by atoms with van der Waals surface area (Å²) in [4.78, 5) is 2.18. The normalized spacial score (nSPS) is 38.3. The number of nitrogens with one attached hydrogen (secondary N) is 1. The van der Waals surface area contributed by atoms with Gasteiger partial charge in [-0.1, -0.05) is 0 Å². The van der Waals surface area contributed by atoms with Gasteiger partial charge in [-0.15, -0.1) is 0 Å². The molecule has 0 unspecified atom stereocenters. The molecule has 0 bridgehead atoms. The second kappa shape index (κ2) is 5.06. The highest BCUT2D eigenvalue weighted by atomic mass is 19.1. The van der Waals surface area contributed by atoms with Gasteiger partial charge >= 0.3 is 0 Å². The van der Waals surface area contributed by atoms with Crippen LogP contribution >= 0.6 is 0 Å². The predicted octanol–water partition coefficient (Wildman–Crippen LogP) is 1.31. The van der Waals surface area contributed by atoms with Crippen LogP contribution in [-0.4, -0.2) is 54.5 Å². The lowest BCUT2D eigenvalue weighted by molar-refractivity contribution is 0.0688. The molecule has 3 fully saturated rings. The third kappa shape index (κ3) is 2.43. The molecule has 2 atom stereocenters. The Balaban J connectivity index is 1.54. The van der Waals surface area contributed by atoms with Crippen LogP contribution in [0.3, 0.4) is 0 Å². The molecule has 18 heavy (non-hydrogen) atoms. The second-order valence-electron chi connectivity index (χ2n) is 6.52. The van der Waals surface area contributed by atoms with Gasteiger partial charge in [-0.25, -0.2) is 4.39 Å². The van der Waals surface area contributed by atoms with Gasteiger partial charge in [0.1, 0.15) is 6.17 Å². The summed E-state index contributed by atoms with van der Waals surface area (Å²) in [6.07, 6.45) is 5.83. The van der Waals surface area contributed by atoms with Crippen LogP contribution in [0.1, 0.15) is 38.5 Å². The summed E-state index contributed by atoms with van der Waals surface area (Å²) in [5.41, 5.74) is 0.579. The summed E-state index contributed by atoms with van der Waals surface area (Å²) in [6.45, 7) is 3.32. The molecule has 3 nitrogen and oxygen atoms in total. The Hall–Kier alpha value is -0.190. The van der Waals surface area contributed by atoms with Gasteiger partial charge in [0.2, 0.25) is 0 Å². The maximum atomic E-state index is 13.4. The predicted molar refractivity (Wildman–Crippen MR) is 69.3 cm³/mol. The lowest BCUT2D eigenvalue weighted by atomic mass is 9.67. The van der Waals surface area contributed by atoms with Gasteiger partial charge in [-0.05, 0) is 57.0 Å². The number of piperidine rings is 1. The van der Waals surface area contributed by atoms with Crippen molar-refractivity contribution in [3.63, 3.8) is 0 Å². The fourth-order valence-electron chi connectivity index (χ4n) is 4.11. The number of nitrogens with zero attached hydrogens (tertiary/aromatic N) is 1. The van der Waals surface area contributed by atoms with E-state index in [-0.39, 0.29) is 0 Å². The maximum Gasteiger partial charge on any atom is 0.140 e. The number of hydrogen-bond acceptors (Lipinski definition) is 3. The van der Waals surface area contributed by atoms with E-state index in [1.54, 1.807) is 0 Å². The van der Waals surface area contributed by atoms with Crippen molar-refractivity contribution in [2.24, 2.45) is 5.41 Å². The Morgan fingerprint density at radius 3 is 2.28 bits per heavy atom. The molecular formula is C14H25FN2O. The largest absolute Gasteiger partial charge is 0.389 e. The van der Waals surface area contributed by atoms with Crippen molar-refractivity contribution in [2.45, 2.75) is 56.8 Å². The molecule has 0 amide bonds. The van der Waals surface area contributed by atoms with Crippen molar-refractivity contribution >= 4 is 0 Å². The molecule has 0 aromatic heterocycles. The Morgan fingerprint density at radius 2 is 1.72 bits per heavy atom. The van der Waals surface area contributed by atoms with E-state index >= 15 is 0 Å². The summed E-state index contributed by atoms with van der Waals surface area (Å²) in [5.74, 6) is 0. The summed E-state index contributed by atoms with van der Waals surface area (Å²) >= 11 is 0. The van der Waals surface area contributed by atoms with Gasteiger partial charge in [0, 0.05) is 19.1 Å². The molecule has 3 rings (SSSR count). The van der Waals surface area contributed by atoms with E-state index in [2.05, 4.69) is 10.2 Å². The van der Waals surface area contributed by atoms with Crippen LogP contribution in [0.15, 0.2) is 0 Å².